The van der Waals surface area contributed by atoms with Gasteiger partial charge in [-0.05, 0) is 25.7 Å². The zero-order valence-corrected chi connectivity index (χ0v) is 9.66. The number of rotatable bonds is 4. The number of hydrogen-bond donors (Lipinski definition) is 1. The number of ether oxygens (including phenoxy) is 1. The van der Waals surface area contributed by atoms with Crippen LogP contribution >= 0.6 is 0 Å². The van der Waals surface area contributed by atoms with E-state index in [0.717, 1.165) is 13.1 Å². The molecule has 2 aliphatic rings. The van der Waals surface area contributed by atoms with Gasteiger partial charge in [-0.15, -0.1) is 0 Å². The van der Waals surface area contributed by atoms with Crippen molar-refractivity contribution in [2.75, 3.05) is 26.2 Å². The lowest BCUT2D eigenvalue weighted by molar-refractivity contribution is -0.0385. The van der Waals surface area contributed by atoms with E-state index in [4.69, 9.17) is 10.5 Å². The topological polar surface area (TPSA) is 38.5 Å². The van der Waals surface area contributed by atoms with E-state index < -0.39 is 0 Å². The van der Waals surface area contributed by atoms with Crippen LogP contribution < -0.4 is 5.73 Å². The van der Waals surface area contributed by atoms with Gasteiger partial charge in [0, 0.05) is 26.2 Å². The van der Waals surface area contributed by atoms with Crippen molar-refractivity contribution in [2.24, 2.45) is 5.73 Å². The van der Waals surface area contributed by atoms with E-state index in [1.807, 2.05) is 0 Å². The summed E-state index contributed by atoms with van der Waals surface area (Å²) in [5.74, 6) is 0. The van der Waals surface area contributed by atoms with E-state index >= 15 is 0 Å². The number of nitrogens with two attached hydrogens (primary N) is 1. The van der Waals surface area contributed by atoms with Gasteiger partial charge in [-0.2, -0.15) is 0 Å². The summed E-state index contributed by atoms with van der Waals surface area (Å²) in [6.45, 7) is 4.19. The minimum absolute atomic E-state index is 0.530. The summed E-state index contributed by atoms with van der Waals surface area (Å²) >= 11 is 0. The van der Waals surface area contributed by atoms with E-state index in [2.05, 4.69) is 4.90 Å². The fourth-order valence-electron chi connectivity index (χ4n) is 2.75. The molecule has 0 spiro atoms. The van der Waals surface area contributed by atoms with Crippen LogP contribution in [-0.2, 0) is 4.74 Å². The predicted octanol–water partition coefficient (Wildman–Crippen LogP) is 1.37. The zero-order valence-electron chi connectivity index (χ0n) is 9.66. The molecule has 15 heavy (non-hydrogen) atoms. The Labute approximate surface area is 93.0 Å². The molecule has 0 amide bonds. The Morgan fingerprint density at radius 3 is 2.20 bits per heavy atom. The largest absolute Gasteiger partial charge is 0.375 e. The molecule has 88 valence electrons. The molecule has 1 aliphatic heterocycles. The van der Waals surface area contributed by atoms with Crippen LogP contribution in [0.2, 0.25) is 0 Å². The lowest BCUT2D eigenvalue weighted by Gasteiger charge is -2.32. The first-order valence-electron chi connectivity index (χ1n) is 6.46. The van der Waals surface area contributed by atoms with Crippen LogP contribution in [0.15, 0.2) is 0 Å². The summed E-state index contributed by atoms with van der Waals surface area (Å²) in [5.41, 5.74) is 5.55. The van der Waals surface area contributed by atoms with Gasteiger partial charge in [-0.25, -0.2) is 0 Å². The van der Waals surface area contributed by atoms with Gasteiger partial charge in [-0.3, -0.25) is 0 Å². The molecule has 2 rings (SSSR count). The van der Waals surface area contributed by atoms with Gasteiger partial charge in [0.05, 0.1) is 12.2 Å². The smallest absolute Gasteiger partial charge is 0.0603 e. The first-order chi connectivity index (χ1) is 7.38. The Bertz CT molecular complexity index is 172. The van der Waals surface area contributed by atoms with Crippen molar-refractivity contribution in [3.8, 4) is 0 Å². The average molecular weight is 212 g/mol. The Morgan fingerprint density at radius 1 is 1.00 bits per heavy atom. The van der Waals surface area contributed by atoms with Crippen molar-refractivity contribution in [1.29, 1.82) is 0 Å². The number of piperidine rings is 1. The lowest BCUT2D eigenvalue weighted by Crippen LogP contribution is -2.40. The molecular weight excluding hydrogens is 188 g/mol. The average Bonchev–Trinajstić information content (AvgIpc) is 2.74. The first kappa shape index (κ1) is 11.4. The van der Waals surface area contributed by atoms with Crippen molar-refractivity contribution in [3.05, 3.63) is 0 Å². The van der Waals surface area contributed by atoms with Gasteiger partial charge < -0.3 is 15.4 Å². The third-order valence-corrected chi connectivity index (χ3v) is 3.67. The van der Waals surface area contributed by atoms with E-state index in [9.17, 15) is 0 Å². The van der Waals surface area contributed by atoms with Crippen molar-refractivity contribution in [3.63, 3.8) is 0 Å². The van der Waals surface area contributed by atoms with Gasteiger partial charge >= 0.3 is 0 Å². The molecule has 2 fully saturated rings. The van der Waals surface area contributed by atoms with Crippen LogP contribution in [0, 0.1) is 0 Å². The zero-order chi connectivity index (χ0) is 10.5. The molecule has 0 aromatic heterocycles. The molecule has 0 atom stereocenters. The number of likely N-dealkylation sites (tertiary alicyclic amines) is 1. The van der Waals surface area contributed by atoms with E-state index in [-0.39, 0.29) is 0 Å². The summed E-state index contributed by atoms with van der Waals surface area (Å²) in [7, 11) is 0. The van der Waals surface area contributed by atoms with Gasteiger partial charge in [0.15, 0.2) is 0 Å². The minimum Gasteiger partial charge on any atom is -0.375 e. The molecule has 1 saturated carbocycles. The highest BCUT2D eigenvalue weighted by atomic mass is 16.5. The third kappa shape index (κ3) is 3.44. The molecule has 0 aromatic carbocycles. The molecule has 3 nitrogen and oxygen atoms in total. The highest BCUT2D eigenvalue weighted by molar-refractivity contribution is 4.76. The van der Waals surface area contributed by atoms with Crippen molar-refractivity contribution >= 4 is 0 Å². The van der Waals surface area contributed by atoms with Crippen LogP contribution in [0.4, 0.5) is 0 Å². The van der Waals surface area contributed by atoms with Gasteiger partial charge in [0.2, 0.25) is 0 Å². The molecule has 3 heteroatoms. The molecule has 0 unspecified atom stereocenters. The standard InChI is InChI=1S/C12H24N2O/c13-7-10-14-8-5-12(6-9-14)15-11-3-1-2-4-11/h11-12H,1-10,13H2. The maximum absolute atomic E-state index is 6.12. The maximum Gasteiger partial charge on any atom is 0.0603 e. The summed E-state index contributed by atoms with van der Waals surface area (Å²) < 4.78 is 6.12. The fourth-order valence-corrected chi connectivity index (χ4v) is 2.75. The van der Waals surface area contributed by atoms with Crippen molar-refractivity contribution in [1.82, 2.24) is 4.90 Å². The second kappa shape index (κ2) is 5.83. The Balaban J connectivity index is 1.64. The molecule has 1 saturated heterocycles. The minimum atomic E-state index is 0.530. The second-order valence-electron chi connectivity index (χ2n) is 4.87. The fraction of sp³-hybridized carbons (Fsp3) is 1.00. The van der Waals surface area contributed by atoms with Gasteiger partial charge in [0.1, 0.15) is 0 Å². The third-order valence-electron chi connectivity index (χ3n) is 3.67. The van der Waals surface area contributed by atoms with Crippen molar-refractivity contribution < 1.29 is 4.74 Å². The van der Waals surface area contributed by atoms with Gasteiger partial charge in [-0.1, -0.05) is 12.8 Å². The Kier molecular flexibility index (Phi) is 4.42. The van der Waals surface area contributed by atoms with Crippen LogP contribution in [-0.4, -0.2) is 43.3 Å². The van der Waals surface area contributed by atoms with Gasteiger partial charge in [0.25, 0.3) is 0 Å². The summed E-state index contributed by atoms with van der Waals surface area (Å²) in [6.07, 6.45) is 8.85. The van der Waals surface area contributed by atoms with E-state index in [1.165, 1.54) is 51.6 Å². The second-order valence-corrected chi connectivity index (χ2v) is 4.87. The Hall–Kier alpha value is -0.120. The monoisotopic (exact) mass is 212 g/mol. The molecule has 2 N–H and O–H groups in total. The molecule has 1 heterocycles. The Morgan fingerprint density at radius 2 is 1.60 bits per heavy atom. The van der Waals surface area contributed by atoms with Crippen LogP contribution in [0.25, 0.3) is 0 Å². The maximum atomic E-state index is 6.12. The summed E-state index contributed by atoms with van der Waals surface area (Å²) in [4.78, 5) is 2.45. The summed E-state index contributed by atoms with van der Waals surface area (Å²) in [6, 6.07) is 0. The number of nitrogens with zero attached hydrogens (tertiary/aromatic N) is 1. The predicted molar refractivity (Wildman–Crippen MR) is 61.9 cm³/mol. The van der Waals surface area contributed by atoms with E-state index in [1.54, 1.807) is 0 Å². The molecule has 0 radical (unpaired) electrons. The SMILES string of the molecule is NCCN1CCC(OC2CCCC2)CC1. The molecule has 0 aromatic rings. The summed E-state index contributed by atoms with van der Waals surface area (Å²) in [5, 5.41) is 0. The number of hydrogen-bond acceptors (Lipinski definition) is 3. The van der Waals surface area contributed by atoms with Crippen molar-refractivity contribution in [2.45, 2.75) is 50.7 Å². The quantitative estimate of drug-likeness (QED) is 0.765. The molecular formula is C12H24N2O. The highest BCUT2D eigenvalue weighted by Crippen LogP contribution is 2.25. The molecule has 0 bridgehead atoms. The molecule has 1 aliphatic carbocycles. The van der Waals surface area contributed by atoms with Crippen LogP contribution in [0.5, 0.6) is 0 Å². The van der Waals surface area contributed by atoms with E-state index in [0.29, 0.717) is 12.2 Å². The normalized spacial score (nSPS) is 26.2. The van der Waals surface area contributed by atoms with Crippen LogP contribution in [0.3, 0.4) is 0 Å². The lowest BCUT2D eigenvalue weighted by atomic mass is 10.1. The first-order valence-corrected chi connectivity index (χ1v) is 6.46. The highest BCUT2D eigenvalue weighted by Gasteiger charge is 2.24. The van der Waals surface area contributed by atoms with Crippen LogP contribution in [0.1, 0.15) is 38.5 Å².